The first-order valence-electron chi connectivity index (χ1n) is 4.24. The Morgan fingerprint density at radius 2 is 1.91 bits per heavy atom. The summed E-state index contributed by atoms with van der Waals surface area (Å²) in [7, 11) is 0. The highest BCUT2D eigenvalue weighted by Crippen LogP contribution is 2.47. The van der Waals surface area contributed by atoms with E-state index in [1.807, 2.05) is 0 Å². The Hall–Kier alpha value is -0.120. The topological polar surface area (TPSA) is 66.5 Å². The van der Waals surface area contributed by atoms with Crippen LogP contribution in [0, 0.1) is 17.8 Å². The molecule has 11 heavy (non-hydrogen) atoms. The fourth-order valence-electron chi connectivity index (χ4n) is 2.81. The molecular weight excluding hydrogens is 142 g/mol. The monoisotopic (exact) mass is 157 g/mol. The second-order valence-electron chi connectivity index (χ2n) is 4.01. The summed E-state index contributed by atoms with van der Waals surface area (Å²) < 4.78 is 0. The van der Waals surface area contributed by atoms with Crippen molar-refractivity contribution in [1.29, 1.82) is 0 Å². The molecule has 0 amide bonds. The van der Waals surface area contributed by atoms with Crippen LogP contribution in [0.5, 0.6) is 0 Å². The zero-order chi connectivity index (χ0) is 8.17. The van der Waals surface area contributed by atoms with Crippen LogP contribution in [0.3, 0.4) is 0 Å². The van der Waals surface area contributed by atoms with E-state index in [1.54, 1.807) is 0 Å². The summed E-state index contributed by atoms with van der Waals surface area (Å²) in [6.07, 6.45) is 0.113. The minimum atomic E-state index is -0.466. The maximum atomic E-state index is 9.60. The van der Waals surface area contributed by atoms with Crippen LogP contribution in [0.2, 0.25) is 0 Å². The molecule has 2 fully saturated rings. The van der Waals surface area contributed by atoms with Gasteiger partial charge < -0.3 is 15.9 Å². The Morgan fingerprint density at radius 1 is 1.27 bits per heavy atom. The molecule has 0 radical (unpaired) electrons. The minimum absolute atomic E-state index is 0.0463. The molecule has 0 aromatic heterocycles. The number of aliphatic hydroxyl groups excluding tert-OH is 2. The molecule has 4 N–H and O–H groups in total. The van der Waals surface area contributed by atoms with Crippen molar-refractivity contribution in [3.05, 3.63) is 0 Å². The first kappa shape index (κ1) is 7.53. The molecule has 6 atom stereocenters. The van der Waals surface area contributed by atoms with E-state index in [2.05, 4.69) is 6.92 Å². The molecule has 2 saturated carbocycles. The van der Waals surface area contributed by atoms with Gasteiger partial charge in [-0.25, -0.2) is 0 Å². The van der Waals surface area contributed by atoms with Gasteiger partial charge in [0.2, 0.25) is 0 Å². The lowest BCUT2D eigenvalue weighted by molar-refractivity contribution is 0.0643. The number of fused-ring (bicyclic) bond motifs is 2. The highest BCUT2D eigenvalue weighted by Gasteiger charge is 2.55. The second kappa shape index (κ2) is 2.19. The predicted octanol–water partition coefficient (Wildman–Crippen LogP) is -0.679. The molecule has 2 aliphatic carbocycles. The molecule has 2 aliphatic rings. The molecule has 0 saturated heterocycles. The Bertz CT molecular complexity index is 169. The summed E-state index contributed by atoms with van der Waals surface area (Å²) in [5.74, 6) is 0.661. The number of nitrogens with two attached hydrogens (primary N) is 1. The summed E-state index contributed by atoms with van der Waals surface area (Å²) in [5.41, 5.74) is 5.73. The van der Waals surface area contributed by atoms with Crippen LogP contribution in [0.25, 0.3) is 0 Å². The maximum Gasteiger partial charge on any atom is 0.0747 e. The highest BCUT2D eigenvalue weighted by molar-refractivity contribution is 5.07. The van der Waals surface area contributed by atoms with Crippen LogP contribution in [0.15, 0.2) is 0 Å². The number of aliphatic hydroxyl groups is 2. The van der Waals surface area contributed by atoms with Crippen molar-refractivity contribution in [2.24, 2.45) is 23.5 Å². The summed E-state index contributed by atoms with van der Waals surface area (Å²) in [6, 6.07) is -0.196. The lowest BCUT2D eigenvalue weighted by Crippen LogP contribution is -2.42. The molecule has 0 spiro atoms. The minimum Gasteiger partial charge on any atom is -0.392 e. The van der Waals surface area contributed by atoms with Crippen molar-refractivity contribution in [2.75, 3.05) is 0 Å². The Balaban J connectivity index is 2.24. The third-order valence-corrected chi connectivity index (χ3v) is 3.41. The zero-order valence-electron chi connectivity index (χ0n) is 6.64. The first-order chi connectivity index (χ1) is 5.13. The molecule has 0 aromatic carbocycles. The van der Waals surface area contributed by atoms with Gasteiger partial charge in [0, 0.05) is 17.9 Å². The molecule has 0 heterocycles. The molecule has 3 heteroatoms. The van der Waals surface area contributed by atoms with Crippen LogP contribution < -0.4 is 5.73 Å². The van der Waals surface area contributed by atoms with Crippen molar-refractivity contribution in [3.63, 3.8) is 0 Å². The van der Waals surface area contributed by atoms with Gasteiger partial charge in [0.1, 0.15) is 0 Å². The summed E-state index contributed by atoms with van der Waals surface area (Å²) in [6.45, 7) is 2.10. The molecule has 3 nitrogen and oxygen atoms in total. The third-order valence-electron chi connectivity index (χ3n) is 3.41. The number of hydrogen-bond acceptors (Lipinski definition) is 3. The van der Waals surface area contributed by atoms with Gasteiger partial charge in [-0.05, 0) is 12.3 Å². The Labute approximate surface area is 66.2 Å². The van der Waals surface area contributed by atoms with Crippen molar-refractivity contribution < 1.29 is 10.2 Å². The van der Waals surface area contributed by atoms with Gasteiger partial charge >= 0.3 is 0 Å². The highest BCUT2D eigenvalue weighted by atomic mass is 16.3. The molecule has 2 rings (SSSR count). The molecule has 2 bridgehead atoms. The lowest BCUT2D eigenvalue weighted by Gasteiger charge is -2.27. The van der Waals surface area contributed by atoms with E-state index < -0.39 is 6.10 Å². The second-order valence-corrected chi connectivity index (χ2v) is 4.01. The van der Waals surface area contributed by atoms with Gasteiger partial charge in [0.15, 0.2) is 0 Å². The van der Waals surface area contributed by atoms with Crippen molar-refractivity contribution >= 4 is 0 Å². The lowest BCUT2D eigenvalue weighted by atomic mass is 9.85. The van der Waals surface area contributed by atoms with Gasteiger partial charge in [0.25, 0.3) is 0 Å². The molecule has 3 unspecified atom stereocenters. The van der Waals surface area contributed by atoms with Crippen molar-refractivity contribution in [2.45, 2.75) is 31.6 Å². The smallest absolute Gasteiger partial charge is 0.0747 e. The SMILES string of the molecule is C[C@H]1CC2[C@@H](O)C(N)C1[C@H]2O. The molecular formula is C8H15NO2. The van der Waals surface area contributed by atoms with Crippen LogP contribution in [-0.2, 0) is 0 Å². The molecule has 64 valence electrons. The van der Waals surface area contributed by atoms with E-state index in [4.69, 9.17) is 5.73 Å². The molecule has 0 aliphatic heterocycles. The quantitative estimate of drug-likeness (QED) is 0.436. The van der Waals surface area contributed by atoms with Gasteiger partial charge in [-0.1, -0.05) is 6.92 Å². The van der Waals surface area contributed by atoms with Crippen molar-refractivity contribution in [1.82, 2.24) is 0 Å². The van der Waals surface area contributed by atoms with E-state index in [0.717, 1.165) is 6.42 Å². The van der Waals surface area contributed by atoms with Gasteiger partial charge in [0.05, 0.1) is 12.2 Å². The van der Waals surface area contributed by atoms with E-state index in [-0.39, 0.29) is 24.0 Å². The van der Waals surface area contributed by atoms with Gasteiger partial charge in [-0.3, -0.25) is 0 Å². The van der Waals surface area contributed by atoms with E-state index in [9.17, 15) is 10.2 Å². The largest absolute Gasteiger partial charge is 0.392 e. The fourth-order valence-corrected chi connectivity index (χ4v) is 2.81. The number of rotatable bonds is 0. The van der Waals surface area contributed by atoms with Crippen LogP contribution in [-0.4, -0.2) is 28.5 Å². The fraction of sp³-hybridized carbons (Fsp3) is 1.00. The van der Waals surface area contributed by atoms with E-state index >= 15 is 0 Å². The normalized spacial score (nSPS) is 62.2. The van der Waals surface area contributed by atoms with Gasteiger partial charge in [-0.15, -0.1) is 0 Å². The standard InChI is InChI=1S/C8H15NO2/c1-3-2-4-7(10)5(3)6(9)8(4)11/h3-8,10-11H,2,9H2,1H3/t3-,4?,5?,6?,7-,8+/m0/s1. The van der Waals surface area contributed by atoms with Crippen LogP contribution >= 0.6 is 0 Å². The van der Waals surface area contributed by atoms with E-state index in [0.29, 0.717) is 5.92 Å². The zero-order valence-corrected chi connectivity index (χ0v) is 6.64. The number of hydrogen-bond donors (Lipinski definition) is 3. The summed E-state index contributed by atoms with van der Waals surface area (Å²) >= 11 is 0. The maximum absolute atomic E-state index is 9.60. The summed E-state index contributed by atoms with van der Waals surface area (Å²) in [4.78, 5) is 0. The Kier molecular flexibility index (Phi) is 1.50. The summed E-state index contributed by atoms with van der Waals surface area (Å²) in [5, 5.41) is 19.1. The van der Waals surface area contributed by atoms with E-state index in [1.165, 1.54) is 0 Å². The van der Waals surface area contributed by atoms with Crippen LogP contribution in [0.1, 0.15) is 13.3 Å². The van der Waals surface area contributed by atoms with Gasteiger partial charge in [-0.2, -0.15) is 0 Å². The Morgan fingerprint density at radius 3 is 2.27 bits per heavy atom. The van der Waals surface area contributed by atoms with Crippen LogP contribution in [0.4, 0.5) is 0 Å². The first-order valence-corrected chi connectivity index (χ1v) is 4.24. The van der Waals surface area contributed by atoms with Crippen molar-refractivity contribution in [3.8, 4) is 0 Å². The predicted molar refractivity (Wildman–Crippen MR) is 40.8 cm³/mol. The third kappa shape index (κ3) is 0.789. The molecule has 0 aromatic rings. The average molecular weight is 157 g/mol. The average Bonchev–Trinajstić information content (AvgIpc) is 2.31.